The Labute approximate surface area is 95.2 Å². The molecule has 1 aromatic carbocycles. The lowest BCUT2D eigenvalue weighted by molar-refractivity contribution is -0.116. The van der Waals surface area contributed by atoms with Crippen molar-refractivity contribution in [2.45, 2.75) is 26.1 Å². The smallest absolute Gasteiger partial charge is 0.152 e. The van der Waals surface area contributed by atoms with Gasteiger partial charge in [0, 0.05) is 0 Å². The molecule has 0 aliphatic rings. The number of ether oxygens (including phenoxy) is 1. The first-order valence-corrected chi connectivity index (χ1v) is 5.38. The molecule has 0 aliphatic heterocycles. The van der Waals surface area contributed by atoms with E-state index in [9.17, 15) is 4.79 Å². The average molecular weight is 227 g/mol. The van der Waals surface area contributed by atoms with Gasteiger partial charge in [-0.15, -0.1) is 11.6 Å². The van der Waals surface area contributed by atoms with Crippen molar-refractivity contribution in [2.75, 3.05) is 6.61 Å². The summed E-state index contributed by atoms with van der Waals surface area (Å²) >= 11 is 6.01. The van der Waals surface area contributed by atoms with E-state index in [1.807, 2.05) is 32.0 Å². The summed E-state index contributed by atoms with van der Waals surface area (Å²) in [5.41, 5.74) is 1.77. The maximum atomic E-state index is 11.2. The molecule has 0 amide bonds. The monoisotopic (exact) mass is 226 g/mol. The van der Waals surface area contributed by atoms with Crippen LogP contribution in [0.1, 0.15) is 30.4 Å². The van der Waals surface area contributed by atoms with E-state index in [2.05, 4.69) is 0 Å². The summed E-state index contributed by atoms with van der Waals surface area (Å²) < 4.78 is 5.44. The van der Waals surface area contributed by atoms with E-state index in [0.29, 0.717) is 6.61 Å². The number of halogens is 1. The van der Waals surface area contributed by atoms with Gasteiger partial charge in [0.2, 0.25) is 0 Å². The molecule has 0 fully saturated rings. The topological polar surface area (TPSA) is 26.3 Å². The van der Waals surface area contributed by atoms with Crippen molar-refractivity contribution in [2.24, 2.45) is 0 Å². The van der Waals surface area contributed by atoms with Crippen LogP contribution in [-0.4, -0.2) is 12.4 Å². The van der Waals surface area contributed by atoms with Gasteiger partial charge in [-0.2, -0.15) is 0 Å². The highest BCUT2D eigenvalue weighted by Gasteiger charge is 2.17. The summed E-state index contributed by atoms with van der Waals surface area (Å²) in [6, 6.07) is 5.59. The molecule has 0 saturated carbocycles. The Hall–Kier alpha value is -1.02. The summed E-state index contributed by atoms with van der Waals surface area (Å²) in [6.45, 7) is 5.94. The van der Waals surface area contributed by atoms with Crippen LogP contribution in [0.5, 0.6) is 5.75 Å². The third kappa shape index (κ3) is 2.72. The molecule has 1 rings (SSSR count). The number of Topliss-reactive ketones (excluding diaryl/α,β-unsaturated/α-hetero) is 1. The lowest BCUT2D eigenvalue weighted by Gasteiger charge is -2.13. The van der Waals surface area contributed by atoms with Crippen LogP contribution in [0.15, 0.2) is 18.2 Å². The fourth-order valence-corrected chi connectivity index (χ4v) is 1.67. The van der Waals surface area contributed by atoms with Gasteiger partial charge in [0.25, 0.3) is 0 Å². The minimum Gasteiger partial charge on any atom is -0.494 e. The number of rotatable bonds is 4. The van der Waals surface area contributed by atoms with Gasteiger partial charge in [-0.3, -0.25) is 4.79 Å². The number of benzene rings is 1. The Balaban J connectivity index is 3.08. The van der Waals surface area contributed by atoms with E-state index in [0.717, 1.165) is 16.9 Å². The second-order valence-electron chi connectivity index (χ2n) is 3.38. The zero-order valence-electron chi connectivity index (χ0n) is 9.21. The Morgan fingerprint density at radius 2 is 2.20 bits per heavy atom. The summed E-state index contributed by atoms with van der Waals surface area (Å²) in [6.07, 6.45) is 0. The number of alkyl halides is 1. The number of ketones is 1. The zero-order valence-corrected chi connectivity index (χ0v) is 9.97. The number of hydrogen-bond donors (Lipinski definition) is 0. The van der Waals surface area contributed by atoms with E-state index in [1.54, 1.807) is 0 Å². The Bertz CT molecular complexity index is 361. The molecule has 0 aliphatic carbocycles. The van der Waals surface area contributed by atoms with Gasteiger partial charge in [0.05, 0.1) is 6.61 Å². The second kappa shape index (κ2) is 5.17. The highest BCUT2D eigenvalue weighted by molar-refractivity contribution is 6.30. The van der Waals surface area contributed by atoms with Crippen LogP contribution in [-0.2, 0) is 4.79 Å². The van der Waals surface area contributed by atoms with Crippen LogP contribution in [0.3, 0.4) is 0 Å². The molecule has 0 N–H and O–H groups in total. The van der Waals surface area contributed by atoms with Crippen molar-refractivity contribution < 1.29 is 9.53 Å². The molecular weight excluding hydrogens is 212 g/mol. The first-order chi connectivity index (χ1) is 7.07. The van der Waals surface area contributed by atoms with Gasteiger partial charge >= 0.3 is 0 Å². The molecular formula is C12H15ClO2. The molecule has 0 bridgehead atoms. The van der Waals surface area contributed by atoms with Crippen molar-refractivity contribution in [1.29, 1.82) is 0 Å². The molecule has 2 nitrogen and oxygen atoms in total. The fourth-order valence-electron chi connectivity index (χ4n) is 1.44. The van der Waals surface area contributed by atoms with Gasteiger partial charge in [-0.25, -0.2) is 0 Å². The Morgan fingerprint density at radius 3 is 2.73 bits per heavy atom. The molecule has 0 heterocycles. The molecule has 0 aromatic heterocycles. The Kier molecular flexibility index (Phi) is 4.15. The van der Waals surface area contributed by atoms with E-state index in [4.69, 9.17) is 16.3 Å². The number of carbonyl (C=O) groups is 1. The van der Waals surface area contributed by atoms with E-state index < -0.39 is 5.38 Å². The molecule has 1 atom stereocenters. The van der Waals surface area contributed by atoms with E-state index >= 15 is 0 Å². The number of hydrogen-bond acceptors (Lipinski definition) is 2. The quantitative estimate of drug-likeness (QED) is 0.737. The first-order valence-electron chi connectivity index (χ1n) is 4.94. The molecule has 82 valence electrons. The largest absolute Gasteiger partial charge is 0.494 e. The predicted octanol–water partition coefficient (Wildman–Crippen LogP) is 3.26. The van der Waals surface area contributed by atoms with Crippen LogP contribution in [0, 0.1) is 6.92 Å². The van der Waals surface area contributed by atoms with Gasteiger partial charge in [-0.05, 0) is 38.0 Å². The maximum Gasteiger partial charge on any atom is 0.152 e. The lowest BCUT2D eigenvalue weighted by Crippen LogP contribution is -2.05. The molecule has 1 aromatic rings. The van der Waals surface area contributed by atoms with E-state index in [-0.39, 0.29) is 5.78 Å². The summed E-state index contributed by atoms with van der Waals surface area (Å²) in [4.78, 5) is 11.2. The number of carbonyl (C=O) groups excluding carboxylic acids is 1. The van der Waals surface area contributed by atoms with Crippen molar-refractivity contribution >= 4 is 17.4 Å². The van der Waals surface area contributed by atoms with Crippen molar-refractivity contribution in [3.8, 4) is 5.75 Å². The van der Waals surface area contributed by atoms with Gasteiger partial charge < -0.3 is 4.74 Å². The van der Waals surface area contributed by atoms with Crippen LogP contribution < -0.4 is 4.74 Å². The van der Waals surface area contributed by atoms with Gasteiger partial charge in [0.15, 0.2) is 5.78 Å². The third-order valence-corrected chi connectivity index (χ3v) is 2.80. The SMILES string of the molecule is CCOc1cccc(C(Cl)C(C)=O)c1C. The first kappa shape index (κ1) is 12.1. The lowest BCUT2D eigenvalue weighted by atomic mass is 10.0. The molecule has 0 saturated heterocycles. The van der Waals surface area contributed by atoms with Crippen LogP contribution in [0.2, 0.25) is 0 Å². The summed E-state index contributed by atoms with van der Waals surface area (Å²) in [5.74, 6) is 0.746. The van der Waals surface area contributed by atoms with Gasteiger partial charge in [-0.1, -0.05) is 12.1 Å². The third-order valence-electron chi connectivity index (χ3n) is 2.26. The minimum atomic E-state index is -0.578. The maximum absolute atomic E-state index is 11.2. The van der Waals surface area contributed by atoms with Crippen LogP contribution in [0.4, 0.5) is 0 Å². The Morgan fingerprint density at radius 1 is 1.53 bits per heavy atom. The molecule has 3 heteroatoms. The standard InChI is InChI=1S/C12H15ClO2/c1-4-15-11-7-5-6-10(8(11)2)12(13)9(3)14/h5-7,12H,4H2,1-3H3. The average Bonchev–Trinajstić information content (AvgIpc) is 2.20. The van der Waals surface area contributed by atoms with Gasteiger partial charge in [0.1, 0.15) is 11.1 Å². The molecule has 1 unspecified atom stereocenters. The zero-order chi connectivity index (χ0) is 11.4. The fraction of sp³-hybridized carbons (Fsp3) is 0.417. The van der Waals surface area contributed by atoms with Crippen LogP contribution in [0.25, 0.3) is 0 Å². The molecule has 0 radical (unpaired) electrons. The predicted molar refractivity (Wildman–Crippen MR) is 61.6 cm³/mol. The highest BCUT2D eigenvalue weighted by Crippen LogP contribution is 2.30. The molecule has 15 heavy (non-hydrogen) atoms. The summed E-state index contributed by atoms with van der Waals surface area (Å²) in [7, 11) is 0. The normalized spacial score (nSPS) is 12.3. The minimum absolute atomic E-state index is 0.0478. The van der Waals surface area contributed by atoms with E-state index in [1.165, 1.54) is 6.92 Å². The van der Waals surface area contributed by atoms with Crippen molar-refractivity contribution in [1.82, 2.24) is 0 Å². The van der Waals surface area contributed by atoms with Crippen LogP contribution >= 0.6 is 11.6 Å². The molecule has 0 spiro atoms. The second-order valence-corrected chi connectivity index (χ2v) is 3.81. The van der Waals surface area contributed by atoms with Crippen molar-refractivity contribution in [3.05, 3.63) is 29.3 Å². The highest BCUT2D eigenvalue weighted by atomic mass is 35.5. The van der Waals surface area contributed by atoms with Crippen molar-refractivity contribution in [3.63, 3.8) is 0 Å². The summed E-state index contributed by atoms with van der Waals surface area (Å²) in [5, 5.41) is -0.578.